The molecule has 1 fully saturated rings. The molecule has 1 aromatic heterocycles. The third kappa shape index (κ3) is 3.23. The van der Waals surface area contributed by atoms with Crippen molar-refractivity contribution in [1.82, 2.24) is 4.98 Å². The van der Waals surface area contributed by atoms with E-state index < -0.39 is 0 Å². The predicted molar refractivity (Wildman–Crippen MR) is 80.6 cm³/mol. The van der Waals surface area contributed by atoms with Crippen molar-refractivity contribution in [2.45, 2.75) is 13.3 Å². The van der Waals surface area contributed by atoms with E-state index in [1.807, 2.05) is 12.1 Å². The van der Waals surface area contributed by atoms with Crippen LogP contribution in [0.4, 0.5) is 5.69 Å². The van der Waals surface area contributed by atoms with Gasteiger partial charge in [0.15, 0.2) is 5.12 Å². The van der Waals surface area contributed by atoms with Gasteiger partial charge in [-0.3, -0.25) is 9.59 Å². The number of anilines is 1. The summed E-state index contributed by atoms with van der Waals surface area (Å²) in [5.41, 5.74) is 0.874. The lowest BCUT2D eigenvalue weighted by atomic mass is 10.1. The Balaban J connectivity index is 2.06. The number of halogens is 1. The van der Waals surface area contributed by atoms with Crippen molar-refractivity contribution in [1.29, 1.82) is 0 Å². The lowest BCUT2D eigenvalue weighted by molar-refractivity contribution is -0.117. The molecule has 1 aromatic rings. The summed E-state index contributed by atoms with van der Waals surface area (Å²) in [7, 11) is 0. The van der Waals surface area contributed by atoms with Crippen LogP contribution in [-0.2, 0) is 9.59 Å². The quantitative estimate of drug-likeness (QED) is 0.600. The number of amides is 1. The van der Waals surface area contributed by atoms with E-state index in [2.05, 4.69) is 27.6 Å². The standard InChI is InChI=1S/C12H13IN2O2S/c1-8(16)18-7-9-5-11(17)15(6-9)10-3-2-4-14-12(10)13/h2-4,9H,5-7H2,1H3. The molecule has 0 spiro atoms. The molecule has 1 saturated heterocycles. The van der Waals surface area contributed by atoms with E-state index in [9.17, 15) is 9.59 Å². The van der Waals surface area contributed by atoms with Gasteiger partial charge >= 0.3 is 0 Å². The molecular formula is C12H13IN2O2S. The van der Waals surface area contributed by atoms with Crippen LogP contribution in [0.3, 0.4) is 0 Å². The van der Waals surface area contributed by atoms with Gasteiger partial charge in [-0.05, 0) is 40.6 Å². The zero-order valence-corrected chi connectivity index (χ0v) is 12.9. The number of aromatic nitrogens is 1. The highest BCUT2D eigenvalue weighted by molar-refractivity contribution is 14.1. The second-order valence-electron chi connectivity index (χ2n) is 4.19. The van der Waals surface area contributed by atoms with E-state index in [1.165, 1.54) is 11.8 Å². The van der Waals surface area contributed by atoms with E-state index in [1.54, 1.807) is 18.0 Å². The van der Waals surface area contributed by atoms with E-state index in [0.717, 1.165) is 9.39 Å². The summed E-state index contributed by atoms with van der Waals surface area (Å²) in [5.74, 6) is 1.09. The van der Waals surface area contributed by atoms with Gasteiger partial charge in [-0.15, -0.1) is 0 Å². The maximum Gasteiger partial charge on any atom is 0.227 e. The first-order chi connectivity index (χ1) is 8.58. The molecule has 2 rings (SSSR count). The van der Waals surface area contributed by atoms with Crippen LogP contribution in [-0.4, -0.2) is 28.3 Å². The topological polar surface area (TPSA) is 50.3 Å². The van der Waals surface area contributed by atoms with Gasteiger partial charge < -0.3 is 4.90 Å². The Bertz CT molecular complexity index is 481. The number of hydrogen-bond acceptors (Lipinski definition) is 4. The summed E-state index contributed by atoms with van der Waals surface area (Å²) in [4.78, 5) is 28.9. The smallest absolute Gasteiger partial charge is 0.227 e. The summed E-state index contributed by atoms with van der Waals surface area (Å²) in [6, 6.07) is 3.75. The van der Waals surface area contributed by atoms with Gasteiger partial charge in [-0.2, -0.15) is 0 Å². The Morgan fingerprint density at radius 1 is 1.67 bits per heavy atom. The van der Waals surface area contributed by atoms with Crippen molar-refractivity contribution in [3.63, 3.8) is 0 Å². The second-order valence-corrected chi connectivity index (χ2v) is 6.41. The molecule has 1 unspecified atom stereocenters. The van der Waals surface area contributed by atoms with Crippen molar-refractivity contribution in [3.8, 4) is 0 Å². The molecule has 0 radical (unpaired) electrons. The van der Waals surface area contributed by atoms with Gasteiger partial charge in [0.05, 0.1) is 5.69 Å². The maximum atomic E-state index is 12.0. The molecule has 18 heavy (non-hydrogen) atoms. The number of thioether (sulfide) groups is 1. The van der Waals surface area contributed by atoms with Crippen molar-refractivity contribution < 1.29 is 9.59 Å². The van der Waals surface area contributed by atoms with Gasteiger partial charge in [0.25, 0.3) is 0 Å². The third-order valence-electron chi connectivity index (χ3n) is 2.76. The number of carbonyl (C=O) groups excluding carboxylic acids is 2. The third-order valence-corrected chi connectivity index (χ3v) is 4.63. The minimum absolute atomic E-state index is 0.108. The molecule has 0 aliphatic carbocycles. The Morgan fingerprint density at radius 2 is 2.44 bits per heavy atom. The van der Waals surface area contributed by atoms with Gasteiger partial charge in [0.1, 0.15) is 3.70 Å². The summed E-state index contributed by atoms with van der Waals surface area (Å²) < 4.78 is 0.836. The van der Waals surface area contributed by atoms with Gasteiger partial charge in [0.2, 0.25) is 5.91 Å². The maximum absolute atomic E-state index is 12.0. The molecule has 0 saturated carbocycles. The molecule has 0 bridgehead atoms. The van der Waals surface area contributed by atoms with Crippen LogP contribution in [0.2, 0.25) is 0 Å². The highest BCUT2D eigenvalue weighted by Crippen LogP contribution is 2.29. The summed E-state index contributed by atoms with van der Waals surface area (Å²) >= 11 is 3.43. The summed E-state index contributed by atoms with van der Waals surface area (Å²) in [5, 5.41) is 0.108. The van der Waals surface area contributed by atoms with Gasteiger partial charge in [-0.1, -0.05) is 11.8 Å². The average Bonchev–Trinajstić information content (AvgIpc) is 2.69. The van der Waals surface area contributed by atoms with Crippen LogP contribution < -0.4 is 4.90 Å². The van der Waals surface area contributed by atoms with Crippen LogP contribution in [0, 0.1) is 9.62 Å². The fraction of sp³-hybridized carbons (Fsp3) is 0.417. The van der Waals surface area contributed by atoms with Crippen molar-refractivity contribution >= 4 is 51.1 Å². The monoisotopic (exact) mass is 376 g/mol. The molecule has 4 nitrogen and oxygen atoms in total. The molecule has 0 aromatic carbocycles. The molecule has 1 atom stereocenters. The predicted octanol–water partition coefficient (Wildman–Crippen LogP) is 2.32. The Hall–Kier alpha value is -0.630. The number of rotatable bonds is 3. The van der Waals surface area contributed by atoms with Crippen LogP contribution in [0.1, 0.15) is 13.3 Å². The lowest BCUT2D eigenvalue weighted by Gasteiger charge is -2.17. The average molecular weight is 376 g/mol. The Labute approximate surface area is 124 Å². The zero-order valence-electron chi connectivity index (χ0n) is 9.93. The number of nitrogens with zero attached hydrogens (tertiary/aromatic N) is 2. The molecule has 0 N–H and O–H groups in total. The van der Waals surface area contributed by atoms with Crippen molar-refractivity contribution in [2.75, 3.05) is 17.2 Å². The molecule has 1 aliphatic heterocycles. The molecule has 1 amide bonds. The molecule has 1 aliphatic rings. The number of pyridine rings is 1. The summed E-state index contributed by atoms with van der Waals surface area (Å²) in [6.07, 6.45) is 2.24. The Kier molecular flexibility index (Phi) is 4.60. The number of carbonyl (C=O) groups is 2. The fourth-order valence-corrected chi connectivity index (χ4v) is 3.27. The molecule has 96 valence electrons. The van der Waals surface area contributed by atoms with Crippen molar-refractivity contribution in [3.05, 3.63) is 22.0 Å². The normalized spacial score (nSPS) is 19.3. The van der Waals surface area contributed by atoms with E-state index in [4.69, 9.17) is 0 Å². The van der Waals surface area contributed by atoms with Gasteiger partial charge in [0, 0.05) is 31.8 Å². The molecule has 2 heterocycles. The lowest BCUT2D eigenvalue weighted by Crippen LogP contribution is -2.25. The molecular weight excluding hydrogens is 363 g/mol. The van der Waals surface area contributed by atoms with Crippen LogP contribution in [0.5, 0.6) is 0 Å². The first-order valence-electron chi connectivity index (χ1n) is 5.62. The van der Waals surface area contributed by atoms with Gasteiger partial charge in [-0.25, -0.2) is 4.98 Å². The van der Waals surface area contributed by atoms with Crippen molar-refractivity contribution in [2.24, 2.45) is 5.92 Å². The minimum atomic E-state index is 0.108. The minimum Gasteiger partial charge on any atom is -0.310 e. The largest absolute Gasteiger partial charge is 0.310 e. The van der Waals surface area contributed by atoms with E-state index >= 15 is 0 Å². The first kappa shape index (κ1) is 13.8. The fourth-order valence-electron chi connectivity index (χ4n) is 1.94. The molecule has 6 heteroatoms. The van der Waals surface area contributed by atoms with Crippen LogP contribution in [0.25, 0.3) is 0 Å². The first-order valence-corrected chi connectivity index (χ1v) is 7.68. The zero-order chi connectivity index (χ0) is 13.1. The van der Waals surface area contributed by atoms with E-state index in [0.29, 0.717) is 18.7 Å². The number of hydrogen-bond donors (Lipinski definition) is 0. The summed E-state index contributed by atoms with van der Waals surface area (Å²) in [6.45, 7) is 2.24. The highest BCUT2D eigenvalue weighted by Gasteiger charge is 2.31. The van der Waals surface area contributed by atoms with Crippen LogP contribution in [0.15, 0.2) is 18.3 Å². The van der Waals surface area contributed by atoms with Crippen LogP contribution >= 0.6 is 34.4 Å². The highest BCUT2D eigenvalue weighted by atomic mass is 127. The SMILES string of the molecule is CC(=O)SCC1CC(=O)N(c2cccnc2I)C1. The van der Waals surface area contributed by atoms with E-state index in [-0.39, 0.29) is 16.9 Å². The second kappa shape index (κ2) is 6.01. The Morgan fingerprint density at radius 3 is 3.11 bits per heavy atom.